The Kier molecular flexibility index (Phi) is 5.26. The molecule has 1 aliphatic rings. The fourth-order valence-corrected chi connectivity index (χ4v) is 3.07. The second-order valence-corrected chi connectivity index (χ2v) is 6.34. The summed E-state index contributed by atoms with van der Waals surface area (Å²) in [5, 5.41) is 3.48. The largest absolute Gasteiger partial charge is 0.497 e. The van der Waals surface area contributed by atoms with Crippen molar-refractivity contribution in [2.75, 3.05) is 30.4 Å². The lowest BCUT2D eigenvalue weighted by Crippen LogP contribution is -2.19. The van der Waals surface area contributed by atoms with Crippen LogP contribution in [0.15, 0.2) is 42.5 Å². The summed E-state index contributed by atoms with van der Waals surface area (Å²) in [6.45, 7) is 2.11. The van der Waals surface area contributed by atoms with Crippen LogP contribution in [-0.4, -0.2) is 26.1 Å². The van der Waals surface area contributed by atoms with Crippen LogP contribution in [0.5, 0.6) is 5.75 Å². The number of methoxy groups -OCH3 is 1. The molecule has 3 rings (SSSR count). The fourth-order valence-electron chi connectivity index (χ4n) is 2.90. The molecule has 4 nitrogen and oxygen atoms in total. The molecule has 0 bridgehead atoms. The first-order chi connectivity index (χ1) is 11.7. The van der Waals surface area contributed by atoms with Gasteiger partial charge in [0.2, 0.25) is 5.91 Å². The van der Waals surface area contributed by atoms with E-state index in [4.69, 9.17) is 16.3 Å². The van der Waals surface area contributed by atoms with E-state index in [1.165, 1.54) is 12.8 Å². The second kappa shape index (κ2) is 7.58. The van der Waals surface area contributed by atoms with E-state index in [1.807, 2.05) is 42.5 Å². The highest BCUT2D eigenvalue weighted by Gasteiger charge is 2.14. The number of hydrogen-bond acceptors (Lipinski definition) is 3. The SMILES string of the molecule is COc1ccc(CC(=O)Nc2cc(N3CCCC3)ccc2Cl)cc1. The molecule has 2 aromatic carbocycles. The van der Waals surface area contributed by atoms with Crippen molar-refractivity contribution in [2.45, 2.75) is 19.3 Å². The topological polar surface area (TPSA) is 41.6 Å². The molecule has 1 fully saturated rings. The van der Waals surface area contributed by atoms with Crippen molar-refractivity contribution in [1.82, 2.24) is 0 Å². The highest BCUT2D eigenvalue weighted by atomic mass is 35.5. The van der Waals surface area contributed by atoms with Gasteiger partial charge in [0, 0.05) is 18.8 Å². The molecule has 1 heterocycles. The highest BCUT2D eigenvalue weighted by Crippen LogP contribution is 2.29. The van der Waals surface area contributed by atoms with Gasteiger partial charge in [-0.3, -0.25) is 4.79 Å². The number of carbonyl (C=O) groups is 1. The number of nitrogens with zero attached hydrogens (tertiary/aromatic N) is 1. The summed E-state index contributed by atoms with van der Waals surface area (Å²) in [5.41, 5.74) is 2.70. The summed E-state index contributed by atoms with van der Waals surface area (Å²) in [5.74, 6) is 0.696. The van der Waals surface area contributed by atoms with Gasteiger partial charge in [0.25, 0.3) is 0 Å². The van der Waals surface area contributed by atoms with Gasteiger partial charge in [0.1, 0.15) is 5.75 Å². The number of anilines is 2. The molecular formula is C19H21ClN2O2. The normalized spacial score (nSPS) is 13.8. The first-order valence-electron chi connectivity index (χ1n) is 8.13. The molecule has 5 heteroatoms. The number of halogens is 1. The minimum Gasteiger partial charge on any atom is -0.497 e. The van der Waals surface area contributed by atoms with E-state index >= 15 is 0 Å². The van der Waals surface area contributed by atoms with Crippen LogP contribution < -0.4 is 15.0 Å². The van der Waals surface area contributed by atoms with E-state index in [0.717, 1.165) is 30.1 Å². The van der Waals surface area contributed by atoms with Crippen molar-refractivity contribution in [3.63, 3.8) is 0 Å². The minimum atomic E-state index is -0.0827. The van der Waals surface area contributed by atoms with E-state index in [9.17, 15) is 4.79 Å². The van der Waals surface area contributed by atoms with Crippen molar-refractivity contribution >= 4 is 28.9 Å². The third-order valence-electron chi connectivity index (χ3n) is 4.22. The van der Waals surface area contributed by atoms with Crippen LogP contribution in [0.2, 0.25) is 5.02 Å². The van der Waals surface area contributed by atoms with Gasteiger partial charge in [-0.05, 0) is 48.7 Å². The fraction of sp³-hybridized carbons (Fsp3) is 0.316. The predicted molar refractivity (Wildman–Crippen MR) is 98.2 cm³/mol. The van der Waals surface area contributed by atoms with Crippen LogP contribution in [0.1, 0.15) is 18.4 Å². The van der Waals surface area contributed by atoms with Gasteiger partial charge < -0.3 is 15.0 Å². The van der Waals surface area contributed by atoms with Gasteiger partial charge >= 0.3 is 0 Å². The van der Waals surface area contributed by atoms with Gasteiger partial charge in [0.05, 0.1) is 24.2 Å². The summed E-state index contributed by atoms with van der Waals surface area (Å²) in [4.78, 5) is 14.6. The molecule has 1 aliphatic heterocycles. The number of nitrogens with one attached hydrogen (secondary N) is 1. The minimum absolute atomic E-state index is 0.0827. The van der Waals surface area contributed by atoms with Gasteiger partial charge in [-0.1, -0.05) is 23.7 Å². The first kappa shape index (κ1) is 16.7. The Labute approximate surface area is 147 Å². The smallest absolute Gasteiger partial charge is 0.228 e. The molecule has 0 radical (unpaired) electrons. The molecule has 0 saturated carbocycles. The van der Waals surface area contributed by atoms with E-state index < -0.39 is 0 Å². The van der Waals surface area contributed by atoms with Crippen molar-refractivity contribution in [3.8, 4) is 5.75 Å². The quantitative estimate of drug-likeness (QED) is 0.886. The summed E-state index contributed by atoms with van der Waals surface area (Å²) in [6, 6.07) is 13.3. The molecule has 0 atom stereocenters. The number of amides is 1. The predicted octanol–water partition coefficient (Wildman–Crippen LogP) is 4.13. The van der Waals surface area contributed by atoms with Crippen molar-refractivity contribution in [2.24, 2.45) is 0 Å². The third-order valence-corrected chi connectivity index (χ3v) is 4.55. The molecule has 2 aromatic rings. The van der Waals surface area contributed by atoms with E-state index in [1.54, 1.807) is 7.11 Å². The van der Waals surface area contributed by atoms with E-state index in [2.05, 4.69) is 10.2 Å². The molecule has 0 spiro atoms. The third kappa shape index (κ3) is 4.01. The van der Waals surface area contributed by atoms with Gasteiger partial charge in [-0.2, -0.15) is 0 Å². The standard InChI is InChI=1S/C19H21ClN2O2/c1-24-16-7-4-14(5-8-16)12-19(23)21-18-13-15(6-9-17(18)20)22-10-2-3-11-22/h4-9,13H,2-3,10-12H2,1H3,(H,21,23). The number of benzene rings is 2. The summed E-state index contributed by atoms with van der Waals surface area (Å²) in [6.07, 6.45) is 2.72. The van der Waals surface area contributed by atoms with Crippen LogP contribution in [0.25, 0.3) is 0 Å². The first-order valence-corrected chi connectivity index (χ1v) is 8.51. The molecular weight excluding hydrogens is 324 g/mol. The summed E-state index contributed by atoms with van der Waals surface area (Å²) < 4.78 is 5.12. The molecule has 0 unspecified atom stereocenters. The Morgan fingerprint density at radius 3 is 2.54 bits per heavy atom. The lowest BCUT2D eigenvalue weighted by Gasteiger charge is -2.19. The molecule has 0 aromatic heterocycles. The van der Waals surface area contributed by atoms with Crippen LogP contribution in [0.3, 0.4) is 0 Å². The average Bonchev–Trinajstić information content (AvgIpc) is 3.12. The summed E-state index contributed by atoms with van der Waals surface area (Å²) in [7, 11) is 1.62. The molecule has 1 amide bonds. The van der Waals surface area contributed by atoms with Gasteiger partial charge in [-0.15, -0.1) is 0 Å². The van der Waals surface area contributed by atoms with Crippen molar-refractivity contribution < 1.29 is 9.53 Å². The van der Waals surface area contributed by atoms with Crippen LogP contribution in [0.4, 0.5) is 11.4 Å². The summed E-state index contributed by atoms with van der Waals surface area (Å²) >= 11 is 6.24. The Bertz CT molecular complexity index is 710. The Balaban J connectivity index is 1.67. The molecule has 0 aliphatic carbocycles. The van der Waals surface area contributed by atoms with Gasteiger partial charge in [0.15, 0.2) is 0 Å². The maximum absolute atomic E-state index is 12.3. The molecule has 1 saturated heterocycles. The molecule has 24 heavy (non-hydrogen) atoms. The zero-order valence-electron chi connectivity index (χ0n) is 13.7. The molecule has 1 N–H and O–H groups in total. The maximum atomic E-state index is 12.3. The number of hydrogen-bond donors (Lipinski definition) is 1. The number of ether oxygens (including phenoxy) is 1. The van der Waals surface area contributed by atoms with E-state index in [0.29, 0.717) is 17.1 Å². The maximum Gasteiger partial charge on any atom is 0.228 e. The van der Waals surface area contributed by atoms with Crippen LogP contribution >= 0.6 is 11.6 Å². The molecule has 126 valence electrons. The zero-order chi connectivity index (χ0) is 16.9. The van der Waals surface area contributed by atoms with E-state index in [-0.39, 0.29) is 5.91 Å². The monoisotopic (exact) mass is 344 g/mol. The Hall–Kier alpha value is -2.20. The van der Waals surface area contributed by atoms with Crippen molar-refractivity contribution in [1.29, 1.82) is 0 Å². The Morgan fingerprint density at radius 2 is 1.88 bits per heavy atom. The lowest BCUT2D eigenvalue weighted by atomic mass is 10.1. The number of rotatable bonds is 5. The average molecular weight is 345 g/mol. The number of carbonyl (C=O) groups excluding carboxylic acids is 1. The second-order valence-electron chi connectivity index (χ2n) is 5.93. The highest BCUT2D eigenvalue weighted by molar-refractivity contribution is 6.33. The van der Waals surface area contributed by atoms with Crippen LogP contribution in [-0.2, 0) is 11.2 Å². The zero-order valence-corrected chi connectivity index (χ0v) is 14.5. The van der Waals surface area contributed by atoms with Crippen molar-refractivity contribution in [3.05, 3.63) is 53.1 Å². The Morgan fingerprint density at radius 1 is 1.17 bits per heavy atom. The van der Waals surface area contributed by atoms with Crippen LogP contribution in [0, 0.1) is 0 Å². The lowest BCUT2D eigenvalue weighted by molar-refractivity contribution is -0.115. The van der Waals surface area contributed by atoms with Gasteiger partial charge in [-0.25, -0.2) is 0 Å².